The lowest BCUT2D eigenvalue weighted by Crippen LogP contribution is -2.20. The fraction of sp³-hybridized carbons (Fsp3) is 0.122. The molecular formula is C41H30I4N2O2. The maximum atomic E-state index is 6.04. The molecule has 4 nitrogen and oxygen atoms in total. The Balaban J connectivity index is 1.34. The molecule has 2 aromatic heterocycles. The number of hydrogen-bond donors (Lipinski definition) is 0. The molecule has 0 saturated heterocycles. The minimum absolute atomic E-state index is 0.352. The van der Waals surface area contributed by atoms with Gasteiger partial charge in [0.1, 0.15) is 11.5 Å². The van der Waals surface area contributed by atoms with Crippen molar-refractivity contribution in [3.63, 3.8) is 0 Å². The first-order chi connectivity index (χ1) is 23.6. The van der Waals surface area contributed by atoms with Crippen molar-refractivity contribution >= 4 is 134 Å². The van der Waals surface area contributed by atoms with Crippen LogP contribution in [0.3, 0.4) is 0 Å². The van der Waals surface area contributed by atoms with Crippen LogP contribution in [0, 0.1) is 14.3 Å². The van der Waals surface area contributed by atoms with E-state index in [9.17, 15) is 0 Å². The van der Waals surface area contributed by atoms with Gasteiger partial charge in [0.05, 0.1) is 47.7 Å². The van der Waals surface area contributed by atoms with Crippen LogP contribution in [0.5, 0.6) is 11.5 Å². The van der Waals surface area contributed by atoms with E-state index in [-0.39, 0.29) is 5.41 Å². The van der Waals surface area contributed by atoms with Gasteiger partial charge in [0, 0.05) is 41.2 Å². The predicted octanol–water partition coefficient (Wildman–Crippen LogP) is 12.6. The fourth-order valence-corrected chi connectivity index (χ4v) is 9.09. The number of rotatable bonds is 6. The van der Waals surface area contributed by atoms with Crippen molar-refractivity contribution in [2.75, 3.05) is 14.2 Å². The van der Waals surface area contributed by atoms with Gasteiger partial charge in [-0.1, -0.05) is 26.0 Å². The molecule has 0 radical (unpaired) electrons. The average molecular weight is 1090 g/mol. The van der Waals surface area contributed by atoms with Crippen LogP contribution in [0.4, 0.5) is 0 Å². The fourth-order valence-electron chi connectivity index (χ4n) is 7.13. The molecule has 8 rings (SSSR count). The zero-order valence-corrected chi connectivity index (χ0v) is 35.7. The molecular weight excluding hydrogens is 1060 g/mol. The van der Waals surface area contributed by atoms with Gasteiger partial charge in [-0.05, 0) is 199 Å². The summed E-state index contributed by atoms with van der Waals surface area (Å²) < 4.78 is 21.7. The first-order valence-electron chi connectivity index (χ1n) is 15.8. The molecule has 0 aliphatic heterocycles. The van der Waals surface area contributed by atoms with Crippen LogP contribution in [0.1, 0.15) is 25.0 Å². The minimum atomic E-state index is -0.352. The lowest BCUT2D eigenvalue weighted by molar-refractivity contribution is 0.412. The lowest BCUT2D eigenvalue weighted by atomic mass is 9.77. The van der Waals surface area contributed by atoms with Crippen molar-refractivity contribution in [3.8, 4) is 22.9 Å². The second-order valence-corrected chi connectivity index (χ2v) is 17.7. The molecule has 0 amide bonds. The van der Waals surface area contributed by atoms with Gasteiger partial charge in [-0.15, -0.1) is 0 Å². The summed E-state index contributed by atoms with van der Waals surface area (Å²) in [6, 6.07) is 40.0. The van der Waals surface area contributed by atoms with Crippen LogP contribution < -0.4 is 9.47 Å². The highest BCUT2D eigenvalue weighted by Gasteiger charge is 2.28. The molecule has 0 unspecified atom stereocenters. The smallest absolute Gasteiger partial charge is 0.142 e. The van der Waals surface area contributed by atoms with E-state index >= 15 is 0 Å². The molecule has 0 N–H and O–H groups in total. The van der Waals surface area contributed by atoms with Gasteiger partial charge >= 0.3 is 0 Å². The summed E-state index contributed by atoms with van der Waals surface area (Å²) in [4.78, 5) is 0. The van der Waals surface area contributed by atoms with E-state index < -0.39 is 0 Å². The normalized spacial score (nSPS) is 12.1. The molecule has 0 atom stereocenters. The molecule has 6 aromatic carbocycles. The van der Waals surface area contributed by atoms with Crippen molar-refractivity contribution in [3.05, 3.63) is 135 Å². The quantitative estimate of drug-likeness (QED) is 0.155. The van der Waals surface area contributed by atoms with E-state index in [1.54, 1.807) is 14.2 Å². The molecule has 244 valence electrons. The standard InChI is InChI=1S/C41H30I4N2O2/c1-41(2,23-5-15-39(48-3)37(17-23)46-33-11-7-25(42)19-29(33)30-20-26(43)8-12-34(30)46)24-6-16-40(49-4)38(18-24)47-35-13-9-27(44)21-31(35)32-22-28(45)10-14-36(32)47/h5-22H,1-4H3. The first-order valence-corrected chi connectivity index (χ1v) is 20.1. The molecule has 8 heteroatoms. The van der Waals surface area contributed by atoms with Crippen LogP contribution in [-0.2, 0) is 5.41 Å². The first kappa shape index (κ1) is 33.6. The summed E-state index contributed by atoms with van der Waals surface area (Å²) in [5.74, 6) is 1.67. The van der Waals surface area contributed by atoms with Crippen LogP contribution >= 0.6 is 90.4 Å². The summed E-state index contributed by atoms with van der Waals surface area (Å²) in [7, 11) is 3.51. The van der Waals surface area contributed by atoms with Crippen LogP contribution in [0.25, 0.3) is 55.0 Å². The van der Waals surface area contributed by atoms with Gasteiger partial charge in [-0.2, -0.15) is 0 Å². The summed E-state index contributed by atoms with van der Waals surface area (Å²) in [6.07, 6.45) is 0. The van der Waals surface area contributed by atoms with Crippen molar-refractivity contribution in [2.24, 2.45) is 0 Å². The van der Waals surface area contributed by atoms with Crippen LogP contribution in [-0.4, -0.2) is 23.4 Å². The Morgan fingerprint density at radius 1 is 0.429 bits per heavy atom. The summed E-state index contributed by atoms with van der Waals surface area (Å²) in [5, 5.41) is 4.95. The summed E-state index contributed by atoms with van der Waals surface area (Å²) in [6.45, 7) is 4.61. The number of aromatic nitrogens is 2. The van der Waals surface area contributed by atoms with Gasteiger partial charge in [-0.25, -0.2) is 0 Å². The molecule has 49 heavy (non-hydrogen) atoms. The van der Waals surface area contributed by atoms with Crippen molar-refractivity contribution in [1.82, 2.24) is 9.13 Å². The number of benzene rings is 6. The van der Waals surface area contributed by atoms with E-state index in [2.05, 4.69) is 223 Å². The molecule has 8 aromatic rings. The minimum Gasteiger partial charge on any atom is -0.495 e. The van der Waals surface area contributed by atoms with E-state index in [1.165, 1.54) is 47.0 Å². The third-order valence-corrected chi connectivity index (χ3v) is 12.3. The number of hydrogen-bond acceptors (Lipinski definition) is 2. The molecule has 0 bridgehead atoms. The number of methoxy groups -OCH3 is 2. The predicted molar refractivity (Wildman–Crippen MR) is 238 cm³/mol. The van der Waals surface area contributed by atoms with Crippen LogP contribution in [0.2, 0.25) is 0 Å². The third kappa shape index (κ3) is 5.63. The van der Waals surface area contributed by atoms with Crippen molar-refractivity contribution in [1.29, 1.82) is 0 Å². The highest BCUT2D eigenvalue weighted by molar-refractivity contribution is 14.1. The highest BCUT2D eigenvalue weighted by atomic mass is 127. The van der Waals surface area contributed by atoms with Crippen molar-refractivity contribution in [2.45, 2.75) is 19.3 Å². The largest absolute Gasteiger partial charge is 0.495 e. The highest BCUT2D eigenvalue weighted by Crippen LogP contribution is 2.43. The number of halogens is 4. The topological polar surface area (TPSA) is 28.3 Å². The van der Waals surface area contributed by atoms with Gasteiger partial charge in [0.2, 0.25) is 0 Å². The van der Waals surface area contributed by atoms with Crippen molar-refractivity contribution < 1.29 is 9.47 Å². The van der Waals surface area contributed by atoms with Gasteiger partial charge in [-0.3, -0.25) is 0 Å². The second-order valence-electron chi connectivity index (χ2n) is 12.7. The number of ether oxygens (including phenoxy) is 2. The Hall–Kier alpha value is -2.56. The Labute approximate surface area is 339 Å². The maximum Gasteiger partial charge on any atom is 0.142 e. The third-order valence-electron chi connectivity index (χ3n) is 9.66. The average Bonchev–Trinajstić information content (AvgIpc) is 3.58. The van der Waals surface area contributed by atoms with Gasteiger partial charge in [0.25, 0.3) is 0 Å². The lowest BCUT2D eigenvalue weighted by Gasteiger charge is -2.29. The molecule has 0 aliphatic carbocycles. The second kappa shape index (κ2) is 12.9. The Morgan fingerprint density at radius 2 is 0.735 bits per heavy atom. The Bertz CT molecular complexity index is 2320. The molecule has 0 fully saturated rings. The number of fused-ring (bicyclic) bond motifs is 6. The summed E-state index contributed by atoms with van der Waals surface area (Å²) >= 11 is 9.62. The summed E-state index contributed by atoms with van der Waals surface area (Å²) in [5.41, 5.74) is 8.72. The maximum absolute atomic E-state index is 6.04. The SMILES string of the molecule is COc1ccc(C(C)(C)c2ccc(OC)c(-n3c4ccc(I)cc4c4cc(I)ccc43)c2)cc1-n1c2ccc(I)cc2c2cc(I)ccc21. The van der Waals surface area contributed by atoms with E-state index in [4.69, 9.17) is 9.47 Å². The molecule has 2 heterocycles. The number of nitrogens with zero attached hydrogens (tertiary/aromatic N) is 2. The monoisotopic (exact) mass is 1090 g/mol. The van der Waals surface area contributed by atoms with Gasteiger partial charge in [0.15, 0.2) is 0 Å². The van der Waals surface area contributed by atoms with E-state index in [0.717, 1.165) is 44.9 Å². The zero-order chi connectivity index (χ0) is 34.2. The Kier molecular flexibility index (Phi) is 8.83. The zero-order valence-electron chi connectivity index (χ0n) is 27.1. The Morgan fingerprint density at radius 3 is 1.02 bits per heavy atom. The molecule has 0 saturated carbocycles. The molecule has 0 spiro atoms. The molecule has 0 aliphatic rings. The van der Waals surface area contributed by atoms with Crippen LogP contribution in [0.15, 0.2) is 109 Å². The van der Waals surface area contributed by atoms with E-state index in [1.807, 2.05) is 0 Å². The van der Waals surface area contributed by atoms with Gasteiger partial charge < -0.3 is 18.6 Å². The van der Waals surface area contributed by atoms with E-state index in [0.29, 0.717) is 0 Å².